The van der Waals surface area contributed by atoms with Crippen LogP contribution < -0.4 is 5.76 Å². The summed E-state index contributed by atoms with van der Waals surface area (Å²) >= 11 is 6.23. The van der Waals surface area contributed by atoms with Crippen LogP contribution in [0, 0.1) is 0 Å². The maximum Gasteiger partial charge on any atom is 0.422 e. The molecule has 1 aliphatic rings. The molecule has 1 aliphatic heterocycles. The molecule has 0 bridgehead atoms. The van der Waals surface area contributed by atoms with Crippen LogP contribution in [-0.4, -0.2) is 47.4 Å². The van der Waals surface area contributed by atoms with Crippen molar-refractivity contribution >= 4 is 40.6 Å². The van der Waals surface area contributed by atoms with Gasteiger partial charge in [-0.05, 0) is 54.6 Å². The smallest absolute Gasteiger partial charge is 0.422 e. The van der Waals surface area contributed by atoms with E-state index in [9.17, 15) is 19.2 Å². The molecule has 0 N–H and O–H groups in total. The number of benzene rings is 4. The standard InChI is InChI=1S/C33H24ClNO9/c34-23-16-17-25-24(18-23)35(33(39)42-25)29-28(44-32(38)22-14-8-3-9-15-22)27(43-31(37)21-12-6-2-7-13-21)26(19-40-29)41-30(36)20-10-4-1-5-11-20/h1-18,26-29H,19H2/t26-,27-,28-,29-/m1/s1. The van der Waals surface area contributed by atoms with E-state index in [0.29, 0.717) is 5.02 Å². The van der Waals surface area contributed by atoms with Gasteiger partial charge in [0.25, 0.3) is 0 Å². The monoisotopic (exact) mass is 613 g/mol. The van der Waals surface area contributed by atoms with Crippen molar-refractivity contribution < 1.29 is 37.7 Å². The fourth-order valence-electron chi connectivity index (χ4n) is 4.91. The van der Waals surface area contributed by atoms with Gasteiger partial charge in [-0.3, -0.25) is 0 Å². The van der Waals surface area contributed by atoms with Crippen LogP contribution in [0.25, 0.3) is 11.1 Å². The van der Waals surface area contributed by atoms with E-state index in [0.717, 1.165) is 4.57 Å². The van der Waals surface area contributed by atoms with Gasteiger partial charge in [0.1, 0.15) is 0 Å². The number of fused-ring (bicyclic) bond motifs is 1. The Labute approximate surface area is 255 Å². The van der Waals surface area contributed by atoms with Crippen LogP contribution in [-0.2, 0) is 18.9 Å². The number of halogens is 1. The van der Waals surface area contributed by atoms with Crippen LogP contribution in [0.1, 0.15) is 37.3 Å². The van der Waals surface area contributed by atoms with E-state index in [4.69, 9.17) is 35.0 Å². The summed E-state index contributed by atoms with van der Waals surface area (Å²) in [7, 11) is 0. The van der Waals surface area contributed by atoms with E-state index in [1.807, 2.05) is 0 Å². The van der Waals surface area contributed by atoms with Gasteiger partial charge in [0.15, 0.2) is 30.1 Å². The molecule has 4 aromatic carbocycles. The number of carbonyl (C=O) groups excluding carboxylic acids is 3. The number of rotatable bonds is 7. The Hall–Kier alpha value is -5.19. The van der Waals surface area contributed by atoms with Gasteiger partial charge in [-0.1, -0.05) is 66.2 Å². The zero-order valence-corrected chi connectivity index (χ0v) is 23.7. The fraction of sp³-hybridized carbons (Fsp3) is 0.152. The van der Waals surface area contributed by atoms with Crippen molar-refractivity contribution in [3.05, 3.63) is 141 Å². The van der Waals surface area contributed by atoms with Crippen LogP contribution in [0.3, 0.4) is 0 Å². The second-order valence-corrected chi connectivity index (χ2v) is 10.3. The average Bonchev–Trinajstić information content (AvgIpc) is 3.38. The van der Waals surface area contributed by atoms with Crippen molar-refractivity contribution in [1.82, 2.24) is 4.57 Å². The molecule has 0 saturated carbocycles. The Kier molecular flexibility index (Phi) is 8.27. The second kappa shape index (κ2) is 12.6. The molecule has 1 aromatic heterocycles. The van der Waals surface area contributed by atoms with Crippen molar-refractivity contribution in [2.24, 2.45) is 0 Å². The maximum atomic E-state index is 13.4. The van der Waals surface area contributed by atoms with Gasteiger partial charge >= 0.3 is 23.7 Å². The van der Waals surface area contributed by atoms with Crippen molar-refractivity contribution in [3.63, 3.8) is 0 Å². The van der Waals surface area contributed by atoms with Gasteiger partial charge in [0, 0.05) is 5.02 Å². The number of oxazole rings is 1. The summed E-state index contributed by atoms with van der Waals surface area (Å²) in [4.78, 5) is 53.1. The summed E-state index contributed by atoms with van der Waals surface area (Å²) in [6.07, 6.45) is -5.51. The molecule has 44 heavy (non-hydrogen) atoms. The summed E-state index contributed by atoms with van der Waals surface area (Å²) in [5.74, 6) is -3.12. The highest BCUT2D eigenvalue weighted by molar-refractivity contribution is 6.31. The van der Waals surface area contributed by atoms with Crippen LogP contribution in [0.5, 0.6) is 0 Å². The lowest BCUT2D eigenvalue weighted by molar-refractivity contribution is -0.212. The first-order valence-electron chi connectivity index (χ1n) is 13.6. The lowest BCUT2D eigenvalue weighted by Gasteiger charge is -2.40. The van der Waals surface area contributed by atoms with Crippen LogP contribution in [0.2, 0.25) is 5.02 Å². The minimum absolute atomic E-state index is 0.190. The zero-order valence-electron chi connectivity index (χ0n) is 22.9. The van der Waals surface area contributed by atoms with Gasteiger partial charge in [-0.2, -0.15) is 0 Å². The Morgan fingerprint density at radius 3 is 1.73 bits per heavy atom. The third-order valence-corrected chi connectivity index (χ3v) is 7.24. The van der Waals surface area contributed by atoms with E-state index >= 15 is 0 Å². The Balaban J connectivity index is 1.44. The van der Waals surface area contributed by atoms with Crippen molar-refractivity contribution in [2.75, 3.05) is 6.61 Å². The van der Waals surface area contributed by atoms with Crippen LogP contribution in [0.4, 0.5) is 0 Å². The summed E-state index contributed by atoms with van der Waals surface area (Å²) < 4.78 is 30.3. The first-order valence-corrected chi connectivity index (χ1v) is 14.0. The lowest BCUT2D eigenvalue weighted by Crippen LogP contribution is -2.56. The molecule has 1 fully saturated rings. The third kappa shape index (κ3) is 5.98. The Morgan fingerprint density at radius 2 is 1.18 bits per heavy atom. The maximum absolute atomic E-state index is 13.4. The predicted molar refractivity (Wildman–Crippen MR) is 157 cm³/mol. The Morgan fingerprint density at radius 1 is 0.682 bits per heavy atom. The van der Waals surface area contributed by atoms with E-state index in [1.54, 1.807) is 84.9 Å². The van der Waals surface area contributed by atoms with Crippen LogP contribution in [0.15, 0.2) is 118 Å². The Bertz CT molecular complexity index is 1850. The number of hydrogen-bond donors (Lipinski definition) is 0. The second-order valence-electron chi connectivity index (χ2n) is 9.86. The molecule has 6 rings (SSSR count). The molecule has 5 aromatic rings. The predicted octanol–water partition coefficient (Wildman–Crippen LogP) is 5.45. The molecule has 0 aliphatic carbocycles. The molecule has 0 unspecified atom stereocenters. The van der Waals surface area contributed by atoms with Gasteiger partial charge in [-0.15, -0.1) is 0 Å². The number of hydrogen-bond acceptors (Lipinski definition) is 9. The molecular weight excluding hydrogens is 590 g/mol. The number of nitrogens with zero attached hydrogens (tertiary/aromatic N) is 1. The fourth-order valence-corrected chi connectivity index (χ4v) is 5.07. The van der Waals surface area contributed by atoms with E-state index in [1.165, 1.54) is 24.3 Å². The van der Waals surface area contributed by atoms with Gasteiger partial charge in [0.05, 0.1) is 28.8 Å². The minimum Gasteiger partial charge on any atom is -0.452 e. The average molecular weight is 614 g/mol. The molecule has 2 heterocycles. The van der Waals surface area contributed by atoms with Crippen molar-refractivity contribution in [2.45, 2.75) is 24.5 Å². The lowest BCUT2D eigenvalue weighted by atomic mass is 10.0. The largest absolute Gasteiger partial charge is 0.452 e. The highest BCUT2D eigenvalue weighted by atomic mass is 35.5. The first kappa shape index (κ1) is 28.9. The van der Waals surface area contributed by atoms with Gasteiger partial charge in [-0.25, -0.2) is 23.7 Å². The molecule has 222 valence electrons. The quantitative estimate of drug-likeness (QED) is 0.174. The normalized spacial score (nSPS) is 19.7. The third-order valence-electron chi connectivity index (χ3n) is 7.00. The van der Waals surface area contributed by atoms with E-state index in [-0.39, 0.29) is 34.4 Å². The molecule has 11 heteroatoms. The molecule has 10 nitrogen and oxygen atoms in total. The molecular formula is C33H24ClNO9. The summed E-state index contributed by atoms with van der Waals surface area (Å²) in [5.41, 5.74) is 1.09. The van der Waals surface area contributed by atoms with Crippen molar-refractivity contribution in [1.29, 1.82) is 0 Å². The first-order chi connectivity index (χ1) is 21.4. The number of carbonyl (C=O) groups is 3. The summed E-state index contributed by atoms with van der Waals surface area (Å²) in [6, 6.07) is 29.0. The van der Waals surface area contributed by atoms with Crippen molar-refractivity contribution in [3.8, 4) is 0 Å². The number of esters is 3. The SMILES string of the molecule is O=C(O[C@@H]1[C@H](OC(=O)c2ccccc2)[C@H](OC(=O)c2ccccc2)CO[C@H]1n1c(=O)oc2ccc(Cl)cc21)c1ccccc1. The molecule has 1 saturated heterocycles. The number of ether oxygens (including phenoxy) is 4. The molecule has 4 atom stereocenters. The summed E-state index contributed by atoms with van der Waals surface area (Å²) in [6.45, 7) is -0.324. The molecule has 0 spiro atoms. The number of aromatic nitrogens is 1. The summed E-state index contributed by atoms with van der Waals surface area (Å²) in [5, 5.41) is 0.308. The van der Waals surface area contributed by atoms with Gasteiger partial charge in [0.2, 0.25) is 0 Å². The topological polar surface area (TPSA) is 123 Å². The highest BCUT2D eigenvalue weighted by Gasteiger charge is 2.49. The minimum atomic E-state index is -1.49. The van der Waals surface area contributed by atoms with Gasteiger partial charge < -0.3 is 23.4 Å². The molecule has 0 radical (unpaired) electrons. The molecule has 0 amide bonds. The van der Waals surface area contributed by atoms with Crippen LogP contribution >= 0.6 is 11.6 Å². The van der Waals surface area contributed by atoms with E-state index < -0.39 is 48.2 Å². The highest BCUT2D eigenvalue weighted by Crippen LogP contribution is 2.34. The van der Waals surface area contributed by atoms with E-state index in [2.05, 4.69) is 0 Å². The zero-order chi connectivity index (χ0) is 30.6.